The number of hydrogen-bond donors (Lipinski definition) is 0. The number of carbonyl (C=O) groups excluding carboxylic acids is 1. The summed E-state index contributed by atoms with van der Waals surface area (Å²) in [4.78, 5) is 34.7. The number of nitrogens with zero attached hydrogens (tertiary/aromatic N) is 4. The van der Waals surface area contributed by atoms with E-state index in [4.69, 9.17) is 9.47 Å². The first-order chi connectivity index (χ1) is 14.3. The first kappa shape index (κ1) is 21.5. The maximum atomic E-state index is 13.1. The quantitative estimate of drug-likeness (QED) is 0.525. The lowest BCUT2D eigenvalue weighted by Gasteiger charge is -2.32. The van der Waals surface area contributed by atoms with Crippen molar-refractivity contribution < 1.29 is 19.2 Å². The molecule has 0 spiro atoms. The smallest absolute Gasteiger partial charge is 0.286 e. The molecule has 2 aromatic rings. The van der Waals surface area contributed by atoms with Gasteiger partial charge in [0.05, 0.1) is 25.2 Å². The van der Waals surface area contributed by atoms with Gasteiger partial charge in [-0.05, 0) is 18.9 Å². The number of carbonyl (C=O) groups is 1. The Morgan fingerprint density at radius 3 is 2.40 bits per heavy atom. The molecular weight excluding hydrogens is 388 g/mol. The van der Waals surface area contributed by atoms with Gasteiger partial charge < -0.3 is 14.4 Å². The fourth-order valence-corrected chi connectivity index (χ4v) is 3.63. The number of aromatic nitrogens is 2. The Labute approximate surface area is 175 Å². The van der Waals surface area contributed by atoms with Gasteiger partial charge in [0, 0.05) is 42.9 Å². The highest BCUT2D eigenvalue weighted by molar-refractivity contribution is 5.99. The van der Waals surface area contributed by atoms with E-state index in [2.05, 4.69) is 23.8 Å². The molecule has 0 radical (unpaired) electrons. The molecule has 1 aliphatic heterocycles. The van der Waals surface area contributed by atoms with Gasteiger partial charge in [-0.1, -0.05) is 13.8 Å². The van der Waals surface area contributed by atoms with Crippen molar-refractivity contribution in [3.05, 3.63) is 51.6 Å². The molecule has 0 N–H and O–H groups in total. The lowest BCUT2D eigenvalue weighted by molar-refractivity contribution is -0.385. The number of hydrogen-bond acceptors (Lipinski definition) is 7. The Morgan fingerprint density at radius 1 is 1.20 bits per heavy atom. The molecule has 9 heteroatoms. The Balaban J connectivity index is 1.78. The Hall–Kier alpha value is -3.23. The number of ether oxygens (including phenoxy) is 2. The molecule has 1 fully saturated rings. The minimum atomic E-state index is -0.573. The summed E-state index contributed by atoms with van der Waals surface area (Å²) in [5, 5.41) is 11.5. The number of nitro groups is 1. The lowest BCUT2D eigenvalue weighted by Crippen LogP contribution is -2.38. The average molecular weight is 414 g/mol. The molecule has 0 unspecified atom stereocenters. The molecule has 0 bridgehead atoms. The van der Waals surface area contributed by atoms with E-state index in [-0.39, 0.29) is 40.5 Å². The largest absolute Gasteiger partial charge is 0.493 e. The van der Waals surface area contributed by atoms with E-state index in [9.17, 15) is 14.9 Å². The summed E-state index contributed by atoms with van der Waals surface area (Å²) < 4.78 is 10.4. The molecule has 1 saturated heterocycles. The molecule has 1 aromatic heterocycles. The van der Waals surface area contributed by atoms with Crippen molar-refractivity contribution in [3.8, 4) is 11.5 Å². The van der Waals surface area contributed by atoms with Crippen LogP contribution in [-0.4, -0.2) is 53.0 Å². The van der Waals surface area contributed by atoms with Crippen molar-refractivity contribution >= 4 is 11.6 Å². The maximum absolute atomic E-state index is 13.1. The topological polar surface area (TPSA) is 108 Å². The van der Waals surface area contributed by atoms with Crippen LogP contribution in [0.5, 0.6) is 11.5 Å². The van der Waals surface area contributed by atoms with Crippen LogP contribution in [0.1, 0.15) is 60.4 Å². The highest BCUT2D eigenvalue weighted by Crippen LogP contribution is 2.36. The molecule has 9 nitrogen and oxygen atoms in total. The van der Waals surface area contributed by atoms with Crippen LogP contribution in [0.15, 0.2) is 24.4 Å². The predicted octanol–water partition coefficient (Wildman–Crippen LogP) is 3.55. The van der Waals surface area contributed by atoms with Crippen molar-refractivity contribution in [1.82, 2.24) is 14.9 Å². The third-order valence-corrected chi connectivity index (χ3v) is 5.34. The summed E-state index contributed by atoms with van der Waals surface area (Å²) in [5.41, 5.74) is 0.690. The highest BCUT2D eigenvalue weighted by Gasteiger charge is 2.31. The van der Waals surface area contributed by atoms with Crippen LogP contribution in [0, 0.1) is 10.1 Å². The van der Waals surface area contributed by atoms with Crippen molar-refractivity contribution in [1.29, 1.82) is 0 Å². The SMILES string of the molecule is COc1cc(C(=O)N2CCC(c3ccnc(C(C)C)n3)CC2)c([N+](=O)[O-])cc1OC. The average Bonchev–Trinajstić information content (AvgIpc) is 2.77. The van der Waals surface area contributed by atoms with Gasteiger partial charge in [0.25, 0.3) is 11.6 Å². The van der Waals surface area contributed by atoms with Crippen LogP contribution in [0.3, 0.4) is 0 Å². The Kier molecular flexibility index (Phi) is 6.49. The van der Waals surface area contributed by atoms with E-state index in [1.165, 1.54) is 26.4 Å². The molecule has 1 amide bonds. The summed E-state index contributed by atoms with van der Waals surface area (Å²) in [7, 11) is 2.82. The molecule has 0 aliphatic carbocycles. The van der Waals surface area contributed by atoms with Gasteiger partial charge in [-0.15, -0.1) is 0 Å². The van der Waals surface area contributed by atoms with Gasteiger partial charge >= 0.3 is 0 Å². The predicted molar refractivity (Wildman–Crippen MR) is 110 cm³/mol. The van der Waals surface area contributed by atoms with Crippen LogP contribution in [0.4, 0.5) is 5.69 Å². The lowest BCUT2D eigenvalue weighted by atomic mass is 9.92. The fraction of sp³-hybridized carbons (Fsp3) is 0.476. The zero-order valence-electron chi connectivity index (χ0n) is 17.6. The second-order valence-corrected chi connectivity index (χ2v) is 7.54. The molecular formula is C21H26N4O5. The number of amides is 1. The standard InChI is InChI=1S/C21H26N4O5/c1-13(2)20-22-8-5-16(23-20)14-6-9-24(10-7-14)21(26)15-11-18(29-3)19(30-4)12-17(15)25(27)28/h5,8,11-14H,6-7,9-10H2,1-4H3. The second-order valence-electron chi connectivity index (χ2n) is 7.54. The van der Waals surface area contributed by atoms with Gasteiger partial charge in [-0.3, -0.25) is 14.9 Å². The number of piperidine rings is 1. The molecule has 3 rings (SSSR count). The van der Waals surface area contributed by atoms with Crippen molar-refractivity contribution in [2.24, 2.45) is 0 Å². The molecule has 160 valence electrons. The summed E-state index contributed by atoms with van der Waals surface area (Å²) in [6.45, 7) is 5.10. The number of methoxy groups -OCH3 is 2. The van der Waals surface area contributed by atoms with Gasteiger partial charge in [-0.2, -0.15) is 0 Å². The Bertz CT molecular complexity index is 939. The van der Waals surface area contributed by atoms with E-state index < -0.39 is 4.92 Å². The third kappa shape index (κ3) is 4.34. The second kappa shape index (κ2) is 9.06. The fourth-order valence-electron chi connectivity index (χ4n) is 3.63. The van der Waals surface area contributed by atoms with E-state index in [1.807, 2.05) is 6.07 Å². The van der Waals surface area contributed by atoms with E-state index in [1.54, 1.807) is 11.1 Å². The van der Waals surface area contributed by atoms with E-state index >= 15 is 0 Å². The monoisotopic (exact) mass is 414 g/mol. The zero-order chi connectivity index (χ0) is 21.8. The normalized spacial score (nSPS) is 14.6. The summed E-state index contributed by atoms with van der Waals surface area (Å²) in [6.07, 6.45) is 3.25. The zero-order valence-corrected chi connectivity index (χ0v) is 17.6. The molecule has 1 aliphatic rings. The molecule has 0 atom stereocenters. The van der Waals surface area contributed by atoms with Crippen LogP contribution in [0.2, 0.25) is 0 Å². The molecule has 2 heterocycles. The Morgan fingerprint density at radius 2 is 1.83 bits per heavy atom. The van der Waals surface area contributed by atoms with Crippen LogP contribution in [0.25, 0.3) is 0 Å². The number of nitro benzene ring substituents is 1. The summed E-state index contributed by atoms with van der Waals surface area (Å²) in [6, 6.07) is 4.53. The number of benzene rings is 1. The first-order valence-electron chi connectivity index (χ1n) is 9.88. The van der Waals surface area contributed by atoms with Crippen molar-refractivity contribution in [2.75, 3.05) is 27.3 Å². The van der Waals surface area contributed by atoms with Crippen LogP contribution in [-0.2, 0) is 0 Å². The number of likely N-dealkylation sites (tertiary alicyclic amines) is 1. The minimum Gasteiger partial charge on any atom is -0.493 e. The van der Waals surface area contributed by atoms with Gasteiger partial charge in [0.2, 0.25) is 0 Å². The first-order valence-corrected chi connectivity index (χ1v) is 9.88. The molecule has 1 aromatic carbocycles. The van der Waals surface area contributed by atoms with Crippen LogP contribution < -0.4 is 9.47 Å². The van der Waals surface area contributed by atoms with E-state index in [0.29, 0.717) is 13.1 Å². The van der Waals surface area contributed by atoms with Gasteiger partial charge in [0.1, 0.15) is 11.4 Å². The van der Waals surface area contributed by atoms with Crippen molar-refractivity contribution in [3.63, 3.8) is 0 Å². The van der Waals surface area contributed by atoms with Gasteiger partial charge in [-0.25, -0.2) is 9.97 Å². The third-order valence-electron chi connectivity index (χ3n) is 5.34. The maximum Gasteiger partial charge on any atom is 0.286 e. The number of rotatable bonds is 6. The van der Waals surface area contributed by atoms with Crippen LogP contribution >= 0.6 is 0 Å². The van der Waals surface area contributed by atoms with Gasteiger partial charge in [0.15, 0.2) is 11.5 Å². The summed E-state index contributed by atoms with van der Waals surface area (Å²) >= 11 is 0. The summed E-state index contributed by atoms with van der Waals surface area (Å²) in [5.74, 6) is 1.40. The molecule has 30 heavy (non-hydrogen) atoms. The van der Waals surface area contributed by atoms with Crippen molar-refractivity contribution in [2.45, 2.75) is 38.5 Å². The van der Waals surface area contributed by atoms with E-state index in [0.717, 1.165) is 24.4 Å². The molecule has 0 saturated carbocycles. The minimum absolute atomic E-state index is 0.000213. The highest BCUT2D eigenvalue weighted by atomic mass is 16.6.